The van der Waals surface area contributed by atoms with Gasteiger partial charge in [-0.25, -0.2) is 0 Å². The molecular formula is C21H30N4O5. The van der Waals surface area contributed by atoms with Crippen LogP contribution in [-0.4, -0.2) is 59.4 Å². The van der Waals surface area contributed by atoms with Gasteiger partial charge in [0.15, 0.2) is 0 Å². The number of nitrogens with two attached hydrogens (primary N) is 2. The molecule has 9 nitrogen and oxygen atoms in total. The van der Waals surface area contributed by atoms with Crippen LogP contribution in [0.4, 0.5) is 0 Å². The molecule has 0 unspecified atom stereocenters. The predicted molar refractivity (Wildman–Crippen MR) is 110 cm³/mol. The van der Waals surface area contributed by atoms with Gasteiger partial charge in [0, 0.05) is 19.5 Å². The summed E-state index contributed by atoms with van der Waals surface area (Å²) < 4.78 is 0. The molecule has 0 aliphatic carbocycles. The Kier molecular flexibility index (Phi) is 8.35. The number of aliphatic carboxylic acids is 1. The summed E-state index contributed by atoms with van der Waals surface area (Å²) in [6.07, 6.45) is 2.08. The lowest BCUT2D eigenvalue weighted by Crippen LogP contribution is -2.56. The lowest BCUT2D eigenvalue weighted by Gasteiger charge is -2.41. The maximum Gasteiger partial charge on any atom is 0.305 e. The number of hydrogen-bond donors (Lipinski definition) is 4. The van der Waals surface area contributed by atoms with Gasteiger partial charge in [-0.15, -0.1) is 0 Å². The van der Waals surface area contributed by atoms with Gasteiger partial charge in [-0.2, -0.15) is 0 Å². The molecule has 30 heavy (non-hydrogen) atoms. The third kappa shape index (κ3) is 5.79. The maximum atomic E-state index is 13.3. The Morgan fingerprint density at radius 2 is 1.73 bits per heavy atom. The van der Waals surface area contributed by atoms with Crippen LogP contribution >= 0.6 is 0 Å². The standard InChI is InChI=1S/C21H30N4O5/c22-11-5-4-8-17(26)25-12-9-21(10-13-25,15-6-2-1-3-7-15)20(30)24-16(19(23)29)14-18(27)28/h1-3,6-7,16H,4-5,8-14,22H2,(H2,23,29)(H,24,30)(H,27,28)/t16-/m0/s1. The van der Waals surface area contributed by atoms with E-state index in [0.717, 1.165) is 18.4 Å². The minimum Gasteiger partial charge on any atom is -0.481 e. The Bertz CT molecular complexity index is 760. The number of carbonyl (C=O) groups is 4. The zero-order valence-corrected chi connectivity index (χ0v) is 17.0. The third-order valence-corrected chi connectivity index (χ3v) is 5.60. The largest absolute Gasteiger partial charge is 0.481 e. The molecule has 1 aliphatic rings. The molecule has 1 saturated heterocycles. The number of carbonyl (C=O) groups excluding carboxylic acids is 3. The number of primary amides is 1. The van der Waals surface area contributed by atoms with Crippen LogP contribution < -0.4 is 16.8 Å². The van der Waals surface area contributed by atoms with Crippen LogP contribution in [0.15, 0.2) is 30.3 Å². The molecule has 0 radical (unpaired) electrons. The first-order valence-electron chi connectivity index (χ1n) is 10.2. The molecule has 1 aromatic rings. The lowest BCUT2D eigenvalue weighted by molar-refractivity contribution is -0.141. The van der Waals surface area contributed by atoms with Gasteiger partial charge in [-0.3, -0.25) is 19.2 Å². The van der Waals surface area contributed by atoms with Crippen LogP contribution in [0.2, 0.25) is 0 Å². The second kappa shape index (κ2) is 10.7. The van der Waals surface area contributed by atoms with E-state index in [0.29, 0.717) is 38.9 Å². The van der Waals surface area contributed by atoms with Crippen LogP contribution in [0.25, 0.3) is 0 Å². The summed E-state index contributed by atoms with van der Waals surface area (Å²) in [5.41, 5.74) is 10.6. The number of nitrogens with zero attached hydrogens (tertiary/aromatic N) is 1. The molecular weight excluding hydrogens is 388 g/mol. The Morgan fingerprint density at radius 3 is 2.27 bits per heavy atom. The molecule has 1 aromatic carbocycles. The first kappa shape index (κ1) is 23.3. The number of rotatable bonds is 10. The molecule has 164 valence electrons. The van der Waals surface area contributed by atoms with Crippen molar-refractivity contribution >= 4 is 23.7 Å². The molecule has 3 amide bonds. The second-order valence-corrected chi connectivity index (χ2v) is 7.60. The SMILES string of the molecule is NCCCCC(=O)N1CCC(C(=O)N[C@@H](CC(=O)O)C(N)=O)(c2ccccc2)CC1. The van der Waals surface area contributed by atoms with Gasteiger partial charge in [-0.05, 0) is 37.8 Å². The molecule has 1 aliphatic heterocycles. The van der Waals surface area contributed by atoms with Crippen molar-refractivity contribution in [1.82, 2.24) is 10.2 Å². The van der Waals surface area contributed by atoms with E-state index in [9.17, 15) is 19.2 Å². The van der Waals surface area contributed by atoms with Gasteiger partial charge in [0.25, 0.3) is 0 Å². The molecule has 2 rings (SSSR count). The molecule has 1 fully saturated rings. The van der Waals surface area contributed by atoms with Crippen LogP contribution in [0.5, 0.6) is 0 Å². The van der Waals surface area contributed by atoms with E-state index in [4.69, 9.17) is 16.6 Å². The normalized spacial score (nSPS) is 16.5. The van der Waals surface area contributed by atoms with Crippen molar-refractivity contribution in [1.29, 1.82) is 0 Å². The second-order valence-electron chi connectivity index (χ2n) is 7.60. The highest BCUT2D eigenvalue weighted by molar-refractivity contribution is 5.94. The summed E-state index contributed by atoms with van der Waals surface area (Å²) in [5.74, 6) is -2.55. The van der Waals surface area contributed by atoms with Crippen molar-refractivity contribution in [2.24, 2.45) is 11.5 Å². The van der Waals surface area contributed by atoms with E-state index >= 15 is 0 Å². The van der Waals surface area contributed by atoms with Crippen molar-refractivity contribution in [2.75, 3.05) is 19.6 Å². The zero-order chi connectivity index (χ0) is 22.1. The topological polar surface area (TPSA) is 156 Å². The van der Waals surface area contributed by atoms with E-state index in [-0.39, 0.29) is 5.91 Å². The average molecular weight is 418 g/mol. The van der Waals surface area contributed by atoms with Crippen molar-refractivity contribution < 1.29 is 24.3 Å². The molecule has 9 heteroatoms. The Balaban J connectivity index is 2.18. The monoisotopic (exact) mass is 418 g/mol. The first-order chi connectivity index (χ1) is 14.3. The van der Waals surface area contributed by atoms with Crippen LogP contribution in [0.3, 0.4) is 0 Å². The number of carboxylic acid groups (broad SMARTS) is 1. The highest BCUT2D eigenvalue weighted by Gasteiger charge is 2.44. The molecule has 0 spiro atoms. The quantitative estimate of drug-likeness (QED) is 0.396. The van der Waals surface area contributed by atoms with Gasteiger partial charge in [0.05, 0.1) is 11.8 Å². The van der Waals surface area contributed by atoms with Crippen molar-refractivity contribution in [3.05, 3.63) is 35.9 Å². The fourth-order valence-corrected chi connectivity index (χ4v) is 3.81. The molecule has 6 N–H and O–H groups in total. The molecule has 0 bridgehead atoms. The summed E-state index contributed by atoms with van der Waals surface area (Å²) in [6.45, 7) is 1.33. The molecule has 1 heterocycles. The molecule has 0 saturated carbocycles. The Morgan fingerprint density at radius 1 is 1.10 bits per heavy atom. The summed E-state index contributed by atoms with van der Waals surface area (Å²) in [5, 5.41) is 11.5. The fraction of sp³-hybridized carbons (Fsp3) is 0.524. The number of benzene rings is 1. The number of nitrogens with one attached hydrogen (secondary N) is 1. The molecule has 0 aromatic heterocycles. The van der Waals surface area contributed by atoms with E-state index in [1.807, 2.05) is 30.3 Å². The Hall–Kier alpha value is -2.94. The number of hydrogen-bond acceptors (Lipinski definition) is 5. The Labute approximate surface area is 175 Å². The minimum absolute atomic E-state index is 0.0337. The third-order valence-electron chi connectivity index (χ3n) is 5.60. The number of carboxylic acids is 1. The highest BCUT2D eigenvalue weighted by Crippen LogP contribution is 2.36. The lowest BCUT2D eigenvalue weighted by atomic mass is 9.71. The van der Waals surface area contributed by atoms with Crippen molar-refractivity contribution in [3.8, 4) is 0 Å². The number of piperidine rings is 1. The van der Waals surface area contributed by atoms with Gasteiger partial charge in [0.1, 0.15) is 6.04 Å². The van der Waals surface area contributed by atoms with Crippen LogP contribution in [0, 0.1) is 0 Å². The highest BCUT2D eigenvalue weighted by atomic mass is 16.4. The van der Waals surface area contributed by atoms with E-state index < -0.39 is 35.7 Å². The van der Waals surface area contributed by atoms with E-state index in [2.05, 4.69) is 5.32 Å². The summed E-state index contributed by atoms with van der Waals surface area (Å²) in [6, 6.07) is 7.83. The van der Waals surface area contributed by atoms with E-state index in [1.54, 1.807) is 4.90 Å². The average Bonchev–Trinajstić information content (AvgIpc) is 2.73. The van der Waals surface area contributed by atoms with Gasteiger partial charge in [-0.1, -0.05) is 30.3 Å². The summed E-state index contributed by atoms with van der Waals surface area (Å²) in [7, 11) is 0. The maximum absolute atomic E-state index is 13.3. The van der Waals surface area contributed by atoms with Gasteiger partial charge < -0.3 is 26.8 Å². The minimum atomic E-state index is -1.30. The number of likely N-dealkylation sites (tertiary alicyclic amines) is 1. The smallest absolute Gasteiger partial charge is 0.305 e. The van der Waals surface area contributed by atoms with Gasteiger partial charge in [0.2, 0.25) is 17.7 Å². The first-order valence-corrected chi connectivity index (χ1v) is 10.2. The predicted octanol–water partition coefficient (Wildman–Crippen LogP) is 0.121. The number of unbranched alkanes of at least 4 members (excludes halogenated alkanes) is 1. The van der Waals surface area contributed by atoms with Crippen molar-refractivity contribution in [3.63, 3.8) is 0 Å². The number of amides is 3. The van der Waals surface area contributed by atoms with Crippen LogP contribution in [0.1, 0.15) is 44.1 Å². The van der Waals surface area contributed by atoms with Gasteiger partial charge >= 0.3 is 5.97 Å². The van der Waals surface area contributed by atoms with Crippen LogP contribution in [-0.2, 0) is 24.6 Å². The summed E-state index contributed by atoms with van der Waals surface area (Å²) >= 11 is 0. The fourth-order valence-electron chi connectivity index (χ4n) is 3.81. The summed E-state index contributed by atoms with van der Waals surface area (Å²) in [4.78, 5) is 50.1. The molecule has 1 atom stereocenters. The zero-order valence-electron chi connectivity index (χ0n) is 17.0. The van der Waals surface area contributed by atoms with E-state index in [1.165, 1.54) is 0 Å². The van der Waals surface area contributed by atoms with Crippen molar-refractivity contribution in [2.45, 2.75) is 50.0 Å².